The molecule has 126 valence electrons. The molecule has 2 heterocycles. The molecule has 24 heavy (non-hydrogen) atoms. The van der Waals surface area contributed by atoms with E-state index in [9.17, 15) is 9.59 Å². The van der Waals surface area contributed by atoms with Gasteiger partial charge in [0.15, 0.2) is 6.10 Å². The van der Waals surface area contributed by atoms with E-state index in [0.29, 0.717) is 0 Å². The van der Waals surface area contributed by atoms with Gasteiger partial charge in [-0.05, 0) is 44.4 Å². The van der Waals surface area contributed by atoms with Crippen molar-refractivity contribution in [2.24, 2.45) is 0 Å². The number of nitrogens with zero attached hydrogens (tertiary/aromatic N) is 2. The predicted octanol–water partition coefficient (Wildman–Crippen LogP) is 3.25. The number of ether oxygens (including phenoxy) is 1. The number of amides is 1. The van der Waals surface area contributed by atoms with Gasteiger partial charge in [0, 0.05) is 19.2 Å². The molecule has 2 aromatic rings. The Kier molecular flexibility index (Phi) is 5.25. The third-order valence-electron chi connectivity index (χ3n) is 3.98. The van der Waals surface area contributed by atoms with Gasteiger partial charge in [0.1, 0.15) is 5.01 Å². The SMILES string of the molecule is C[C@H](OC(=O)/C=C/c1nc2ccccc2s1)C(=O)N1CCCCC1. The van der Waals surface area contributed by atoms with Gasteiger partial charge in [0.05, 0.1) is 10.2 Å². The van der Waals surface area contributed by atoms with E-state index in [1.165, 1.54) is 17.4 Å². The van der Waals surface area contributed by atoms with Crippen LogP contribution in [0.15, 0.2) is 30.3 Å². The molecule has 0 radical (unpaired) electrons. The minimum Gasteiger partial charge on any atom is -0.449 e. The molecule has 1 aliphatic rings. The van der Waals surface area contributed by atoms with Crippen molar-refractivity contribution in [1.29, 1.82) is 0 Å². The Morgan fingerprint density at radius 1 is 1.25 bits per heavy atom. The van der Waals surface area contributed by atoms with E-state index in [2.05, 4.69) is 4.98 Å². The van der Waals surface area contributed by atoms with Crippen LogP contribution in [0.5, 0.6) is 0 Å². The Hall–Kier alpha value is -2.21. The minimum absolute atomic E-state index is 0.114. The molecule has 0 bridgehead atoms. The van der Waals surface area contributed by atoms with E-state index < -0.39 is 12.1 Å². The van der Waals surface area contributed by atoms with Gasteiger partial charge < -0.3 is 9.64 Å². The van der Waals surface area contributed by atoms with Crippen molar-refractivity contribution < 1.29 is 14.3 Å². The highest BCUT2D eigenvalue weighted by Gasteiger charge is 2.24. The first kappa shape index (κ1) is 16.6. The number of hydrogen-bond acceptors (Lipinski definition) is 5. The highest BCUT2D eigenvalue weighted by Crippen LogP contribution is 2.22. The summed E-state index contributed by atoms with van der Waals surface area (Å²) in [6.07, 6.45) is 5.40. The van der Waals surface area contributed by atoms with Crippen LogP contribution in [0.3, 0.4) is 0 Å². The summed E-state index contributed by atoms with van der Waals surface area (Å²) in [7, 11) is 0. The minimum atomic E-state index is -0.754. The maximum absolute atomic E-state index is 12.2. The smallest absolute Gasteiger partial charge is 0.331 e. The van der Waals surface area contributed by atoms with Crippen LogP contribution in [-0.4, -0.2) is 41.0 Å². The number of aromatic nitrogens is 1. The molecule has 0 N–H and O–H groups in total. The van der Waals surface area contributed by atoms with Crippen molar-refractivity contribution in [3.63, 3.8) is 0 Å². The molecular formula is C18H20N2O3S. The number of piperidine rings is 1. The summed E-state index contributed by atoms with van der Waals surface area (Å²) in [6.45, 7) is 3.13. The molecule has 0 aliphatic carbocycles. The number of carbonyl (C=O) groups excluding carboxylic acids is 2. The number of thiazole rings is 1. The van der Waals surface area contributed by atoms with Gasteiger partial charge in [-0.2, -0.15) is 0 Å². The third-order valence-corrected chi connectivity index (χ3v) is 4.98. The second-order valence-corrected chi connectivity index (χ2v) is 6.88. The lowest BCUT2D eigenvalue weighted by Gasteiger charge is -2.28. The van der Waals surface area contributed by atoms with Crippen molar-refractivity contribution >= 4 is 39.5 Å². The molecule has 3 rings (SSSR count). The number of benzene rings is 1. The molecule has 1 atom stereocenters. The van der Waals surface area contributed by atoms with Crippen LogP contribution in [0.25, 0.3) is 16.3 Å². The molecule has 1 aromatic carbocycles. The normalized spacial score (nSPS) is 16.5. The van der Waals surface area contributed by atoms with E-state index >= 15 is 0 Å². The predicted molar refractivity (Wildman–Crippen MR) is 94.6 cm³/mol. The van der Waals surface area contributed by atoms with E-state index in [4.69, 9.17) is 4.74 Å². The van der Waals surface area contributed by atoms with Gasteiger partial charge in [-0.15, -0.1) is 11.3 Å². The Morgan fingerprint density at radius 3 is 2.75 bits per heavy atom. The van der Waals surface area contributed by atoms with Gasteiger partial charge in [-0.3, -0.25) is 4.79 Å². The summed E-state index contributed by atoms with van der Waals surface area (Å²) in [5, 5.41) is 0.739. The maximum Gasteiger partial charge on any atom is 0.331 e. The van der Waals surface area contributed by atoms with Gasteiger partial charge in [-0.25, -0.2) is 9.78 Å². The number of fused-ring (bicyclic) bond motifs is 1. The largest absolute Gasteiger partial charge is 0.449 e. The molecule has 0 spiro atoms. The number of esters is 1. The molecule has 6 heteroatoms. The fraction of sp³-hybridized carbons (Fsp3) is 0.389. The lowest BCUT2D eigenvalue weighted by Crippen LogP contribution is -2.42. The van der Waals surface area contributed by atoms with E-state index in [1.807, 2.05) is 24.3 Å². The third kappa shape index (κ3) is 4.00. The van der Waals surface area contributed by atoms with Crippen molar-refractivity contribution in [2.45, 2.75) is 32.3 Å². The summed E-state index contributed by atoms with van der Waals surface area (Å²) in [4.78, 5) is 30.4. The maximum atomic E-state index is 12.2. The molecule has 1 fully saturated rings. The summed E-state index contributed by atoms with van der Waals surface area (Å²) < 4.78 is 6.29. The summed E-state index contributed by atoms with van der Waals surface area (Å²) in [5.74, 6) is -0.636. The Morgan fingerprint density at radius 2 is 2.00 bits per heavy atom. The van der Waals surface area contributed by atoms with Crippen molar-refractivity contribution in [1.82, 2.24) is 9.88 Å². The van der Waals surface area contributed by atoms with Crippen LogP contribution in [0.2, 0.25) is 0 Å². The Bertz CT molecular complexity index is 729. The monoisotopic (exact) mass is 344 g/mol. The molecule has 1 saturated heterocycles. The Labute approximate surface area is 144 Å². The number of para-hydroxylation sites is 1. The van der Waals surface area contributed by atoms with Gasteiger partial charge in [-0.1, -0.05) is 12.1 Å². The van der Waals surface area contributed by atoms with E-state index in [0.717, 1.165) is 47.6 Å². The first-order valence-corrected chi connectivity index (χ1v) is 8.98. The highest BCUT2D eigenvalue weighted by atomic mass is 32.1. The van der Waals surface area contributed by atoms with E-state index in [-0.39, 0.29) is 5.91 Å². The molecule has 5 nitrogen and oxygen atoms in total. The van der Waals surface area contributed by atoms with Crippen molar-refractivity contribution in [2.75, 3.05) is 13.1 Å². The van der Waals surface area contributed by atoms with Crippen LogP contribution in [0.1, 0.15) is 31.2 Å². The standard InChI is InChI=1S/C18H20N2O3S/c1-13(18(22)20-11-5-2-6-12-20)23-17(21)10-9-16-19-14-7-3-4-8-15(14)24-16/h3-4,7-10,13H,2,5-6,11-12H2,1H3/b10-9+/t13-/m0/s1. The van der Waals surface area contributed by atoms with Crippen LogP contribution in [0.4, 0.5) is 0 Å². The van der Waals surface area contributed by atoms with Crippen LogP contribution >= 0.6 is 11.3 Å². The van der Waals surface area contributed by atoms with Gasteiger partial charge in [0.2, 0.25) is 0 Å². The molecule has 1 aromatic heterocycles. The number of rotatable bonds is 4. The number of likely N-dealkylation sites (tertiary alicyclic amines) is 1. The molecule has 1 amide bonds. The zero-order valence-corrected chi connectivity index (χ0v) is 14.4. The first-order valence-electron chi connectivity index (χ1n) is 8.16. The molecule has 0 unspecified atom stereocenters. The quantitative estimate of drug-likeness (QED) is 0.631. The van der Waals surface area contributed by atoms with Crippen LogP contribution in [-0.2, 0) is 14.3 Å². The zero-order chi connectivity index (χ0) is 16.9. The molecule has 0 saturated carbocycles. The lowest BCUT2D eigenvalue weighted by atomic mass is 10.1. The highest BCUT2D eigenvalue weighted by molar-refractivity contribution is 7.19. The Balaban J connectivity index is 1.57. The van der Waals surface area contributed by atoms with Gasteiger partial charge >= 0.3 is 5.97 Å². The zero-order valence-electron chi connectivity index (χ0n) is 13.6. The average Bonchev–Trinajstić information content (AvgIpc) is 3.03. The summed E-state index contributed by atoms with van der Waals surface area (Å²) in [6, 6.07) is 7.80. The van der Waals surface area contributed by atoms with Gasteiger partial charge in [0.25, 0.3) is 5.91 Å². The lowest BCUT2D eigenvalue weighted by molar-refractivity contribution is -0.155. The molecule has 1 aliphatic heterocycles. The summed E-state index contributed by atoms with van der Waals surface area (Å²) in [5.41, 5.74) is 0.907. The van der Waals surface area contributed by atoms with Crippen LogP contribution in [0, 0.1) is 0 Å². The topological polar surface area (TPSA) is 59.5 Å². The fourth-order valence-electron chi connectivity index (χ4n) is 2.74. The fourth-order valence-corrected chi connectivity index (χ4v) is 3.61. The summed E-state index contributed by atoms with van der Waals surface area (Å²) >= 11 is 1.51. The van der Waals surface area contributed by atoms with E-state index in [1.54, 1.807) is 17.9 Å². The van der Waals surface area contributed by atoms with Crippen LogP contribution < -0.4 is 0 Å². The average molecular weight is 344 g/mol. The van der Waals surface area contributed by atoms with Crippen molar-refractivity contribution in [3.05, 3.63) is 35.3 Å². The second kappa shape index (κ2) is 7.57. The number of hydrogen-bond donors (Lipinski definition) is 0. The molecular weight excluding hydrogens is 324 g/mol. The van der Waals surface area contributed by atoms with Crippen molar-refractivity contribution in [3.8, 4) is 0 Å². The second-order valence-electron chi connectivity index (χ2n) is 5.82. The first-order chi connectivity index (χ1) is 11.6. The number of carbonyl (C=O) groups is 2.